The van der Waals surface area contributed by atoms with E-state index < -0.39 is 42.0 Å². The van der Waals surface area contributed by atoms with Crippen LogP contribution in [0, 0.1) is 13.8 Å². The van der Waals surface area contributed by atoms with Gasteiger partial charge in [-0.25, -0.2) is 4.79 Å². The standard InChI is InChI=1S/C32H46N4O5/c1-7-8-9-13-19-36(30(39)26(20-27(33)37)35-31(40)41-32(4,5)6)28(25-18-14-15-22(2)23(25)3)29(38)34-21-24-16-11-10-12-17-24/h10-12,14-18,26,28H,7-9,13,19-21H2,1-6H3,(H2,33,37)(H,34,38)(H,35,40). The zero-order valence-corrected chi connectivity index (χ0v) is 25.3. The lowest BCUT2D eigenvalue weighted by Crippen LogP contribution is -2.54. The highest BCUT2D eigenvalue weighted by atomic mass is 16.6. The molecule has 2 rings (SSSR count). The van der Waals surface area contributed by atoms with Gasteiger partial charge < -0.3 is 26.0 Å². The first-order chi connectivity index (χ1) is 19.3. The highest BCUT2D eigenvalue weighted by Crippen LogP contribution is 2.28. The van der Waals surface area contributed by atoms with E-state index >= 15 is 0 Å². The number of rotatable bonds is 14. The number of carbonyl (C=O) groups excluding carboxylic acids is 4. The van der Waals surface area contributed by atoms with E-state index in [0.29, 0.717) is 12.0 Å². The van der Waals surface area contributed by atoms with Crippen molar-refractivity contribution in [2.24, 2.45) is 5.73 Å². The minimum atomic E-state index is -1.30. The fourth-order valence-electron chi connectivity index (χ4n) is 4.53. The van der Waals surface area contributed by atoms with Crippen LogP contribution in [0.2, 0.25) is 0 Å². The number of aryl methyl sites for hydroxylation is 1. The van der Waals surface area contributed by atoms with Crippen molar-refractivity contribution >= 4 is 23.8 Å². The van der Waals surface area contributed by atoms with Gasteiger partial charge in [-0.1, -0.05) is 74.7 Å². The molecule has 0 bridgehead atoms. The van der Waals surface area contributed by atoms with Gasteiger partial charge in [-0.15, -0.1) is 0 Å². The van der Waals surface area contributed by atoms with Crippen molar-refractivity contribution in [1.29, 1.82) is 0 Å². The van der Waals surface area contributed by atoms with Gasteiger partial charge in [0.25, 0.3) is 0 Å². The molecule has 0 heterocycles. The van der Waals surface area contributed by atoms with Gasteiger partial charge >= 0.3 is 6.09 Å². The molecule has 41 heavy (non-hydrogen) atoms. The molecule has 2 aromatic carbocycles. The molecule has 0 aliphatic carbocycles. The second-order valence-electron chi connectivity index (χ2n) is 11.4. The topological polar surface area (TPSA) is 131 Å². The third kappa shape index (κ3) is 10.9. The normalized spacial score (nSPS) is 12.6. The third-order valence-electron chi connectivity index (χ3n) is 6.74. The molecule has 224 valence electrons. The SMILES string of the molecule is CCCCCCN(C(=O)C(CC(N)=O)NC(=O)OC(C)(C)C)C(C(=O)NCc1ccccc1)c1cccc(C)c1C. The molecule has 0 aliphatic rings. The predicted molar refractivity (Wildman–Crippen MR) is 160 cm³/mol. The maximum absolute atomic E-state index is 14.2. The van der Waals surface area contributed by atoms with Crippen LogP contribution in [-0.4, -0.2) is 46.9 Å². The van der Waals surface area contributed by atoms with Crippen molar-refractivity contribution in [3.05, 3.63) is 70.8 Å². The highest BCUT2D eigenvalue weighted by Gasteiger charge is 2.37. The van der Waals surface area contributed by atoms with Crippen molar-refractivity contribution in [3.63, 3.8) is 0 Å². The maximum Gasteiger partial charge on any atom is 0.408 e. The van der Waals surface area contributed by atoms with E-state index in [1.165, 1.54) is 4.90 Å². The number of nitrogens with zero attached hydrogens (tertiary/aromatic N) is 1. The Hall–Kier alpha value is -3.88. The molecule has 4 amide bonds. The zero-order chi connectivity index (χ0) is 30.6. The second-order valence-corrected chi connectivity index (χ2v) is 11.4. The van der Waals surface area contributed by atoms with Crippen LogP contribution in [0.5, 0.6) is 0 Å². The Kier molecular flexibility index (Phi) is 12.8. The Labute approximate surface area is 244 Å². The number of benzene rings is 2. The number of amides is 4. The first-order valence-electron chi connectivity index (χ1n) is 14.3. The monoisotopic (exact) mass is 566 g/mol. The van der Waals surface area contributed by atoms with E-state index in [1.54, 1.807) is 20.8 Å². The highest BCUT2D eigenvalue weighted by molar-refractivity contribution is 5.94. The van der Waals surface area contributed by atoms with E-state index in [9.17, 15) is 19.2 Å². The minimum Gasteiger partial charge on any atom is -0.444 e. The fraction of sp³-hybridized carbons (Fsp3) is 0.500. The van der Waals surface area contributed by atoms with Gasteiger partial charge in [0.15, 0.2) is 0 Å². The van der Waals surface area contributed by atoms with Crippen LogP contribution in [0.15, 0.2) is 48.5 Å². The van der Waals surface area contributed by atoms with Gasteiger partial charge in [-0.3, -0.25) is 14.4 Å². The van der Waals surface area contributed by atoms with Crippen LogP contribution in [0.3, 0.4) is 0 Å². The molecule has 2 aromatic rings. The molecule has 0 saturated heterocycles. The quantitative estimate of drug-likeness (QED) is 0.282. The molecule has 2 unspecified atom stereocenters. The number of alkyl carbamates (subject to hydrolysis) is 1. The molecule has 4 N–H and O–H groups in total. The first-order valence-corrected chi connectivity index (χ1v) is 14.3. The lowest BCUT2D eigenvalue weighted by molar-refractivity contribution is -0.143. The smallest absolute Gasteiger partial charge is 0.408 e. The largest absolute Gasteiger partial charge is 0.444 e. The van der Waals surface area contributed by atoms with Gasteiger partial charge in [0.2, 0.25) is 17.7 Å². The van der Waals surface area contributed by atoms with Gasteiger partial charge in [0, 0.05) is 13.1 Å². The number of carbonyl (C=O) groups is 4. The Morgan fingerprint density at radius 1 is 0.951 bits per heavy atom. The summed E-state index contributed by atoms with van der Waals surface area (Å²) in [6.45, 7) is 11.6. The average molecular weight is 567 g/mol. The molecule has 2 atom stereocenters. The molecule has 0 saturated carbocycles. The number of nitrogens with two attached hydrogens (primary N) is 1. The average Bonchev–Trinajstić information content (AvgIpc) is 2.89. The van der Waals surface area contributed by atoms with Crippen LogP contribution in [0.1, 0.15) is 88.1 Å². The third-order valence-corrected chi connectivity index (χ3v) is 6.74. The molecule has 9 nitrogen and oxygen atoms in total. The summed E-state index contributed by atoms with van der Waals surface area (Å²) >= 11 is 0. The van der Waals surface area contributed by atoms with Crippen LogP contribution < -0.4 is 16.4 Å². The van der Waals surface area contributed by atoms with Gasteiger partial charge in [-0.2, -0.15) is 0 Å². The van der Waals surface area contributed by atoms with E-state index in [0.717, 1.165) is 36.0 Å². The summed E-state index contributed by atoms with van der Waals surface area (Å²) < 4.78 is 5.36. The molecule has 0 spiro atoms. The lowest BCUT2D eigenvalue weighted by atomic mass is 9.94. The Bertz CT molecular complexity index is 1180. The number of ether oxygens (including phenoxy) is 1. The van der Waals surface area contributed by atoms with Crippen molar-refractivity contribution in [3.8, 4) is 0 Å². The summed E-state index contributed by atoms with van der Waals surface area (Å²) in [4.78, 5) is 54.3. The molecular formula is C32H46N4O5. The van der Waals surface area contributed by atoms with Crippen LogP contribution >= 0.6 is 0 Å². The molecule has 9 heteroatoms. The maximum atomic E-state index is 14.2. The van der Waals surface area contributed by atoms with Crippen molar-refractivity contribution in [2.75, 3.05) is 6.54 Å². The van der Waals surface area contributed by atoms with E-state index in [4.69, 9.17) is 10.5 Å². The van der Waals surface area contributed by atoms with E-state index in [1.807, 2.05) is 62.4 Å². The van der Waals surface area contributed by atoms with E-state index in [-0.39, 0.29) is 19.0 Å². The Morgan fingerprint density at radius 3 is 2.24 bits per heavy atom. The number of primary amides is 1. The van der Waals surface area contributed by atoms with Crippen LogP contribution in [-0.2, 0) is 25.7 Å². The number of nitrogens with one attached hydrogen (secondary N) is 2. The fourth-order valence-corrected chi connectivity index (χ4v) is 4.53. The summed E-state index contributed by atoms with van der Waals surface area (Å²) in [5.41, 5.74) is 8.13. The van der Waals surface area contributed by atoms with Crippen molar-refractivity contribution < 1.29 is 23.9 Å². The second kappa shape index (κ2) is 15.8. The summed E-state index contributed by atoms with van der Waals surface area (Å²) in [5.74, 6) is -1.70. The summed E-state index contributed by atoms with van der Waals surface area (Å²) in [6, 6.07) is 12.9. The van der Waals surface area contributed by atoms with Crippen LogP contribution in [0.25, 0.3) is 0 Å². The molecule has 0 radical (unpaired) electrons. The predicted octanol–water partition coefficient (Wildman–Crippen LogP) is 4.84. The molecule has 0 aromatic heterocycles. The lowest BCUT2D eigenvalue weighted by Gasteiger charge is -2.35. The van der Waals surface area contributed by atoms with E-state index in [2.05, 4.69) is 17.6 Å². The van der Waals surface area contributed by atoms with Gasteiger partial charge in [-0.05, 0) is 63.3 Å². The van der Waals surface area contributed by atoms with Crippen LogP contribution in [0.4, 0.5) is 4.79 Å². The number of unbranched alkanes of at least 4 members (excludes halogenated alkanes) is 3. The summed E-state index contributed by atoms with van der Waals surface area (Å²) in [6.07, 6.45) is 2.18. The van der Waals surface area contributed by atoms with Gasteiger partial charge in [0.1, 0.15) is 17.7 Å². The summed E-state index contributed by atoms with van der Waals surface area (Å²) in [5, 5.41) is 5.53. The summed E-state index contributed by atoms with van der Waals surface area (Å²) in [7, 11) is 0. The minimum absolute atomic E-state index is 0.251. The molecule has 0 fully saturated rings. The Balaban J connectivity index is 2.54. The zero-order valence-electron chi connectivity index (χ0n) is 25.3. The van der Waals surface area contributed by atoms with Gasteiger partial charge in [0.05, 0.1) is 6.42 Å². The van der Waals surface area contributed by atoms with Crippen molar-refractivity contribution in [2.45, 2.75) is 97.9 Å². The first kappa shape index (κ1) is 33.3. The number of hydrogen-bond acceptors (Lipinski definition) is 5. The molecule has 0 aliphatic heterocycles. The molecular weight excluding hydrogens is 520 g/mol. The Morgan fingerprint density at radius 2 is 1.63 bits per heavy atom. The number of hydrogen-bond donors (Lipinski definition) is 3. The van der Waals surface area contributed by atoms with Crippen molar-refractivity contribution in [1.82, 2.24) is 15.5 Å².